The van der Waals surface area contributed by atoms with E-state index in [-0.39, 0.29) is 22.2 Å². The molecular formula is C20H21ClF4N6O3. The third-order valence-corrected chi connectivity index (χ3v) is 5.05. The quantitative estimate of drug-likeness (QED) is 0.433. The highest BCUT2D eigenvalue weighted by atomic mass is 35.5. The van der Waals surface area contributed by atoms with E-state index in [1.54, 1.807) is 0 Å². The fourth-order valence-corrected chi connectivity index (χ4v) is 3.24. The standard InChI is InChI=1S/C20H21ClF4N6O3/c1-8-15(17(21)28-27-8)26-18(32)11-6-12(22)13(7-14(11)34-10(3)20(23,24)25)31-29-9(2)16(30-31)19(4,5)33/h6-7,10,33H,1-5H3,(H,26,32)(H,27,28)/t10-/m0/s1. The van der Waals surface area contributed by atoms with Crippen molar-refractivity contribution in [3.05, 3.63) is 45.7 Å². The molecule has 3 aromatic rings. The number of aliphatic hydroxyl groups is 1. The third-order valence-electron chi connectivity index (χ3n) is 4.78. The Morgan fingerprint density at radius 1 is 1.24 bits per heavy atom. The highest BCUT2D eigenvalue weighted by molar-refractivity contribution is 6.33. The van der Waals surface area contributed by atoms with Crippen molar-refractivity contribution in [2.24, 2.45) is 0 Å². The predicted octanol–water partition coefficient (Wildman–Crippen LogP) is 4.21. The normalized spacial score (nSPS) is 13.1. The topological polar surface area (TPSA) is 118 Å². The van der Waals surface area contributed by atoms with Crippen molar-refractivity contribution in [2.45, 2.75) is 52.5 Å². The second-order valence-electron chi connectivity index (χ2n) is 8.04. The number of benzene rings is 1. The van der Waals surface area contributed by atoms with Gasteiger partial charge in [0, 0.05) is 6.07 Å². The number of nitrogens with one attached hydrogen (secondary N) is 2. The molecule has 0 spiro atoms. The third kappa shape index (κ3) is 5.14. The van der Waals surface area contributed by atoms with Crippen LogP contribution in [0.3, 0.4) is 0 Å². The molecule has 0 radical (unpaired) electrons. The van der Waals surface area contributed by atoms with Crippen molar-refractivity contribution >= 4 is 23.2 Å². The van der Waals surface area contributed by atoms with Crippen LogP contribution in [0.15, 0.2) is 12.1 Å². The van der Waals surface area contributed by atoms with Crippen LogP contribution >= 0.6 is 11.6 Å². The summed E-state index contributed by atoms with van der Waals surface area (Å²) in [5.41, 5.74) is -1.56. The summed E-state index contributed by atoms with van der Waals surface area (Å²) in [6.45, 7) is 6.68. The predicted molar refractivity (Wildman–Crippen MR) is 114 cm³/mol. The van der Waals surface area contributed by atoms with E-state index in [2.05, 4.69) is 25.7 Å². The number of aryl methyl sites for hydroxylation is 2. The minimum absolute atomic E-state index is 0.0237. The van der Waals surface area contributed by atoms with E-state index in [0.29, 0.717) is 11.8 Å². The molecule has 0 fully saturated rings. The Bertz CT molecular complexity index is 1210. The van der Waals surface area contributed by atoms with E-state index in [0.717, 1.165) is 17.8 Å². The van der Waals surface area contributed by atoms with Gasteiger partial charge in [-0.25, -0.2) is 4.39 Å². The van der Waals surface area contributed by atoms with Crippen LogP contribution in [0.1, 0.15) is 48.2 Å². The molecule has 1 aromatic carbocycles. The lowest BCUT2D eigenvalue weighted by Gasteiger charge is -2.20. The Balaban J connectivity index is 2.11. The summed E-state index contributed by atoms with van der Waals surface area (Å²) in [5.74, 6) is -2.58. The average molecular weight is 505 g/mol. The number of H-pyrrole nitrogens is 1. The van der Waals surface area contributed by atoms with E-state index in [1.807, 2.05) is 0 Å². The summed E-state index contributed by atoms with van der Waals surface area (Å²) in [6.07, 6.45) is -7.09. The second kappa shape index (κ2) is 8.87. The van der Waals surface area contributed by atoms with Crippen molar-refractivity contribution in [3.63, 3.8) is 0 Å². The Hall–Kier alpha value is -3.19. The number of carbonyl (C=O) groups excluding carboxylic acids is 1. The van der Waals surface area contributed by atoms with Gasteiger partial charge < -0.3 is 15.2 Å². The molecule has 0 saturated carbocycles. The molecule has 34 heavy (non-hydrogen) atoms. The summed E-state index contributed by atoms with van der Waals surface area (Å²) in [6, 6.07) is 1.58. The monoisotopic (exact) mass is 504 g/mol. The SMILES string of the molecule is Cc1nn(-c2cc(O[C@@H](C)C(F)(F)F)c(C(=O)Nc3c(C)n[nH]c3Cl)cc2F)nc1C(C)(C)O. The first-order chi connectivity index (χ1) is 15.6. The van der Waals surface area contributed by atoms with Crippen molar-refractivity contribution < 1.29 is 32.2 Å². The van der Waals surface area contributed by atoms with E-state index < -0.39 is 46.6 Å². The highest BCUT2D eigenvalue weighted by Crippen LogP contribution is 2.32. The first kappa shape index (κ1) is 25.4. The number of hydrogen-bond acceptors (Lipinski definition) is 6. The Kier molecular flexibility index (Phi) is 6.64. The Morgan fingerprint density at radius 3 is 2.38 bits per heavy atom. The van der Waals surface area contributed by atoms with Gasteiger partial charge in [0.15, 0.2) is 11.9 Å². The molecule has 1 amide bonds. The van der Waals surface area contributed by atoms with E-state index in [9.17, 15) is 23.1 Å². The van der Waals surface area contributed by atoms with E-state index >= 15 is 4.39 Å². The zero-order chi connectivity index (χ0) is 25.6. The van der Waals surface area contributed by atoms with Crippen LogP contribution in [-0.2, 0) is 5.60 Å². The van der Waals surface area contributed by atoms with Gasteiger partial charge >= 0.3 is 6.18 Å². The van der Waals surface area contributed by atoms with Crippen LogP contribution in [-0.4, -0.2) is 48.5 Å². The van der Waals surface area contributed by atoms with Crippen molar-refractivity contribution in [2.75, 3.05) is 5.32 Å². The maximum atomic E-state index is 15.1. The molecule has 0 unspecified atom stereocenters. The first-order valence-corrected chi connectivity index (χ1v) is 10.2. The van der Waals surface area contributed by atoms with E-state index in [1.165, 1.54) is 27.7 Å². The van der Waals surface area contributed by atoms with Crippen molar-refractivity contribution in [1.29, 1.82) is 0 Å². The Labute approximate surface area is 196 Å². The lowest BCUT2D eigenvalue weighted by molar-refractivity contribution is -0.189. The molecule has 2 heterocycles. The number of rotatable bonds is 6. The first-order valence-electron chi connectivity index (χ1n) is 9.85. The maximum Gasteiger partial charge on any atom is 0.425 e. The van der Waals surface area contributed by atoms with Gasteiger partial charge in [-0.3, -0.25) is 9.89 Å². The number of alkyl halides is 3. The van der Waals surface area contributed by atoms with Crippen LogP contribution in [0.25, 0.3) is 5.69 Å². The zero-order valence-electron chi connectivity index (χ0n) is 18.7. The number of anilines is 1. The van der Waals surface area contributed by atoms with Gasteiger partial charge in [0.2, 0.25) is 0 Å². The smallest absolute Gasteiger partial charge is 0.425 e. The number of halogens is 5. The van der Waals surface area contributed by atoms with Gasteiger partial charge in [-0.1, -0.05) is 11.6 Å². The van der Waals surface area contributed by atoms with Crippen LogP contribution in [0.4, 0.5) is 23.2 Å². The van der Waals surface area contributed by atoms with Gasteiger partial charge in [-0.15, -0.1) is 9.90 Å². The number of amides is 1. The highest BCUT2D eigenvalue weighted by Gasteiger charge is 2.39. The number of carbonyl (C=O) groups is 1. The number of aromatic amines is 1. The summed E-state index contributed by atoms with van der Waals surface area (Å²) in [7, 11) is 0. The van der Waals surface area contributed by atoms with E-state index in [4.69, 9.17) is 16.3 Å². The molecule has 184 valence electrons. The molecule has 9 nitrogen and oxygen atoms in total. The maximum absolute atomic E-state index is 15.1. The van der Waals surface area contributed by atoms with Crippen molar-refractivity contribution in [3.8, 4) is 11.4 Å². The fourth-order valence-electron chi connectivity index (χ4n) is 3.01. The molecule has 0 saturated heterocycles. The molecule has 1 atom stereocenters. The number of hydrogen-bond donors (Lipinski definition) is 3. The lowest BCUT2D eigenvalue weighted by Crippen LogP contribution is -2.32. The molecule has 3 rings (SSSR count). The Morgan fingerprint density at radius 2 is 1.88 bits per heavy atom. The molecular weight excluding hydrogens is 484 g/mol. The fraction of sp³-hybridized carbons (Fsp3) is 0.400. The van der Waals surface area contributed by atoms with Gasteiger partial charge in [0.1, 0.15) is 33.6 Å². The summed E-state index contributed by atoms with van der Waals surface area (Å²) >= 11 is 5.92. The molecule has 0 aliphatic rings. The molecule has 0 aliphatic carbocycles. The van der Waals surface area contributed by atoms with Gasteiger partial charge in [0.05, 0.1) is 17.0 Å². The van der Waals surface area contributed by atoms with Crippen molar-refractivity contribution in [1.82, 2.24) is 25.2 Å². The summed E-state index contributed by atoms with van der Waals surface area (Å²) < 4.78 is 59.6. The van der Waals surface area contributed by atoms with Gasteiger partial charge in [-0.05, 0) is 40.7 Å². The minimum atomic E-state index is -4.76. The average Bonchev–Trinajstić information content (AvgIpc) is 3.25. The molecule has 0 bridgehead atoms. The van der Waals surface area contributed by atoms with Gasteiger partial charge in [-0.2, -0.15) is 23.4 Å². The summed E-state index contributed by atoms with van der Waals surface area (Å²) in [4.78, 5) is 13.7. The zero-order valence-corrected chi connectivity index (χ0v) is 19.4. The minimum Gasteiger partial charge on any atom is -0.480 e. The molecule has 2 aromatic heterocycles. The van der Waals surface area contributed by atoms with Crippen LogP contribution < -0.4 is 10.1 Å². The number of ether oxygens (including phenoxy) is 1. The molecule has 0 aliphatic heterocycles. The second-order valence-corrected chi connectivity index (χ2v) is 8.41. The molecule has 3 N–H and O–H groups in total. The van der Waals surface area contributed by atoms with Crippen LogP contribution in [0, 0.1) is 19.7 Å². The van der Waals surface area contributed by atoms with Crippen LogP contribution in [0.5, 0.6) is 5.75 Å². The lowest BCUT2D eigenvalue weighted by atomic mass is 10.0. The summed E-state index contributed by atoms with van der Waals surface area (Å²) in [5, 5.41) is 26.9. The van der Waals surface area contributed by atoms with Gasteiger partial charge in [0.25, 0.3) is 5.91 Å². The largest absolute Gasteiger partial charge is 0.480 e. The number of aromatic nitrogens is 5. The number of nitrogens with zero attached hydrogens (tertiary/aromatic N) is 4. The molecule has 14 heteroatoms. The van der Waals surface area contributed by atoms with Crippen LogP contribution in [0.2, 0.25) is 5.15 Å².